The molecule has 0 saturated heterocycles. The van der Waals surface area contributed by atoms with Crippen molar-refractivity contribution in [2.45, 2.75) is 34.1 Å². The van der Waals surface area contributed by atoms with Crippen LogP contribution in [0, 0.1) is 13.8 Å². The number of aryl methyl sites for hydroxylation is 2. The van der Waals surface area contributed by atoms with Crippen LogP contribution in [-0.4, -0.2) is 31.1 Å². The Labute approximate surface area is 116 Å². The molecule has 0 fully saturated rings. The molecule has 18 heavy (non-hydrogen) atoms. The van der Waals surface area contributed by atoms with E-state index in [0.717, 1.165) is 54.6 Å². The van der Waals surface area contributed by atoms with Crippen LogP contribution in [0.3, 0.4) is 0 Å². The third kappa shape index (κ3) is 4.51. The lowest BCUT2D eigenvalue weighted by molar-refractivity contribution is 0.249. The van der Waals surface area contributed by atoms with Gasteiger partial charge in [0.2, 0.25) is 0 Å². The summed E-state index contributed by atoms with van der Waals surface area (Å²) in [4.78, 5) is 2.40. The molecule has 0 amide bonds. The van der Waals surface area contributed by atoms with E-state index >= 15 is 0 Å². The maximum absolute atomic E-state index is 6.13. The zero-order valence-corrected chi connectivity index (χ0v) is 12.7. The molecule has 0 radical (unpaired) electrons. The molecule has 1 aromatic carbocycles. The Bertz CT molecular complexity index is 352. The lowest BCUT2D eigenvalue weighted by Crippen LogP contribution is -2.25. The molecule has 2 nitrogen and oxygen atoms in total. The summed E-state index contributed by atoms with van der Waals surface area (Å²) >= 11 is 6.13. The molecule has 0 spiro atoms. The molecule has 3 heteroatoms. The first-order valence-corrected chi connectivity index (χ1v) is 7.08. The number of rotatable bonds is 7. The highest BCUT2D eigenvalue weighted by Gasteiger charge is 2.04. The summed E-state index contributed by atoms with van der Waals surface area (Å²) in [5, 5.41) is 0.838. The predicted molar refractivity (Wildman–Crippen MR) is 78.8 cm³/mol. The molecule has 0 heterocycles. The molecule has 102 valence electrons. The van der Waals surface area contributed by atoms with Crippen molar-refractivity contribution in [3.8, 4) is 5.75 Å². The van der Waals surface area contributed by atoms with Gasteiger partial charge in [0.1, 0.15) is 5.75 Å². The summed E-state index contributed by atoms with van der Waals surface area (Å²) in [5.74, 6) is 0.925. The second kappa shape index (κ2) is 7.65. The van der Waals surface area contributed by atoms with Crippen LogP contribution in [-0.2, 0) is 0 Å². The van der Waals surface area contributed by atoms with Crippen molar-refractivity contribution < 1.29 is 4.74 Å². The lowest BCUT2D eigenvalue weighted by Gasteiger charge is -2.18. The van der Waals surface area contributed by atoms with Crippen molar-refractivity contribution >= 4 is 11.6 Å². The second-order valence-corrected chi connectivity index (χ2v) is 4.98. The molecule has 0 unspecified atom stereocenters. The zero-order valence-electron chi connectivity index (χ0n) is 11.9. The fraction of sp³-hybridized carbons (Fsp3) is 0.600. The monoisotopic (exact) mass is 269 g/mol. The molecular weight excluding hydrogens is 246 g/mol. The Kier molecular flexibility index (Phi) is 6.51. The highest BCUT2D eigenvalue weighted by molar-refractivity contribution is 6.32. The van der Waals surface area contributed by atoms with E-state index in [1.807, 2.05) is 26.0 Å². The Morgan fingerprint density at radius 2 is 1.67 bits per heavy atom. The Hall–Kier alpha value is -0.730. The van der Waals surface area contributed by atoms with Crippen molar-refractivity contribution in [1.82, 2.24) is 4.90 Å². The average molecular weight is 270 g/mol. The smallest absolute Gasteiger partial charge is 0.119 e. The summed E-state index contributed by atoms with van der Waals surface area (Å²) in [6.07, 6.45) is 1.06. The molecule has 0 atom stereocenters. The molecule has 1 rings (SSSR count). The van der Waals surface area contributed by atoms with Crippen LogP contribution in [0.2, 0.25) is 5.02 Å². The maximum atomic E-state index is 6.13. The first-order valence-electron chi connectivity index (χ1n) is 6.70. The van der Waals surface area contributed by atoms with Gasteiger partial charge in [-0.2, -0.15) is 0 Å². The minimum Gasteiger partial charge on any atom is -0.494 e. The van der Waals surface area contributed by atoms with Gasteiger partial charge in [0.15, 0.2) is 0 Å². The van der Waals surface area contributed by atoms with Gasteiger partial charge < -0.3 is 9.64 Å². The maximum Gasteiger partial charge on any atom is 0.119 e. The van der Waals surface area contributed by atoms with Gasteiger partial charge in [-0.1, -0.05) is 25.4 Å². The largest absolute Gasteiger partial charge is 0.494 e. The standard InChI is InChI=1S/C15H24ClNO/c1-5-17(6-2)8-7-9-18-14-10-12(3)15(16)13(4)11-14/h10-11H,5-9H2,1-4H3. The first-order chi connectivity index (χ1) is 8.58. The summed E-state index contributed by atoms with van der Waals surface area (Å²) < 4.78 is 5.78. The number of hydrogen-bond donors (Lipinski definition) is 0. The third-order valence-corrected chi connectivity index (χ3v) is 3.79. The van der Waals surface area contributed by atoms with Gasteiger partial charge in [0.05, 0.1) is 6.61 Å². The molecule has 0 aliphatic carbocycles. The van der Waals surface area contributed by atoms with Crippen molar-refractivity contribution in [2.24, 2.45) is 0 Å². The Morgan fingerprint density at radius 1 is 1.11 bits per heavy atom. The second-order valence-electron chi connectivity index (χ2n) is 4.60. The van der Waals surface area contributed by atoms with Gasteiger partial charge >= 0.3 is 0 Å². The van der Waals surface area contributed by atoms with Gasteiger partial charge in [-0.15, -0.1) is 0 Å². The normalized spacial score (nSPS) is 11.0. The average Bonchev–Trinajstić information content (AvgIpc) is 2.36. The molecular formula is C15H24ClNO. The highest BCUT2D eigenvalue weighted by Crippen LogP contribution is 2.25. The minimum atomic E-state index is 0.761. The van der Waals surface area contributed by atoms with Crippen LogP contribution < -0.4 is 4.74 Å². The van der Waals surface area contributed by atoms with Gasteiger partial charge in [0.25, 0.3) is 0 Å². The molecule has 0 saturated carbocycles. The van der Waals surface area contributed by atoms with Crippen LogP contribution in [0.4, 0.5) is 0 Å². The van der Waals surface area contributed by atoms with Gasteiger partial charge in [-0.25, -0.2) is 0 Å². The van der Waals surface area contributed by atoms with Crippen LogP contribution in [0.5, 0.6) is 5.75 Å². The molecule has 0 bridgehead atoms. The molecule has 0 N–H and O–H groups in total. The third-order valence-electron chi connectivity index (χ3n) is 3.19. The summed E-state index contributed by atoms with van der Waals surface area (Å²) in [6.45, 7) is 12.5. The highest BCUT2D eigenvalue weighted by atomic mass is 35.5. The number of ether oxygens (including phenoxy) is 1. The van der Waals surface area contributed by atoms with Gasteiger partial charge in [-0.05, 0) is 56.6 Å². The van der Waals surface area contributed by atoms with E-state index in [2.05, 4.69) is 18.7 Å². The van der Waals surface area contributed by atoms with E-state index < -0.39 is 0 Å². The summed E-state index contributed by atoms with van der Waals surface area (Å²) in [6, 6.07) is 4.01. The molecule has 0 aromatic heterocycles. The quantitative estimate of drug-likeness (QED) is 0.692. The fourth-order valence-electron chi connectivity index (χ4n) is 2.01. The van der Waals surface area contributed by atoms with Crippen LogP contribution in [0.1, 0.15) is 31.4 Å². The molecule has 0 aliphatic rings. The SMILES string of the molecule is CCN(CC)CCCOc1cc(C)c(Cl)c(C)c1. The van der Waals surface area contributed by atoms with Crippen LogP contribution in [0.15, 0.2) is 12.1 Å². The minimum absolute atomic E-state index is 0.761. The zero-order chi connectivity index (χ0) is 13.5. The van der Waals surface area contributed by atoms with Crippen molar-refractivity contribution in [3.63, 3.8) is 0 Å². The summed E-state index contributed by atoms with van der Waals surface area (Å²) in [5.41, 5.74) is 2.16. The Balaban J connectivity index is 2.40. The van der Waals surface area contributed by atoms with E-state index in [1.54, 1.807) is 0 Å². The first kappa shape index (κ1) is 15.3. The molecule has 1 aromatic rings. The van der Waals surface area contributed by atoms with Gasteiger partial charge in [-0.3, -0.25) is 0 Å². The summed E-state index contributed by atoms with van der Waals surface area (Å²) in [7, 11) is 0. The van der Waals surface area contributed by atoms with E-state index in [9.17, 15) is 0 Å². The fourth-order valence-corrected chi connectivity index (χ4v) is 2.12. The lowest BCUT2D eigenvalue weighted by atomic mass is 10.1. The number of nitrogens with zero attached hydrogens (tertiary/aromatic N) is 1. The predicted octanol–water partition coefficient (Wildman–Crippen LogP) is 4.07. The van der Waals surface area contributed by atoms with E-state index in [4.69, 9.17) is 16.3 Å². The van der Waals surface area contributed by atoms with E-state index in [-0.39, 0.29) is 0 Å². The number of benzene rings is 1. The van der Waals surface area contributed by atoms with Crippen molar-refractivity contribution in [3.05, 3.63) is 28.3 Å². The topological polar surface area (TPSA) is 12.5 Å². The van der Waals surface area contributed by atoms with E-state index in [1.165, 1.54) is 0 Å². The Morgan fingerprint density at radius 3 is 2.17 bits per heavy atom. The molecule has 0 aliphatic heterocycles. The van der Waals surface area contributed by atoms with E-state index in [0.29, 0.717) is 0 Å². The number of hydrogen-bond acceptors (Lipinski definition) is 2. The van der Waals surface area contributed by atoms with Crippen LogP contribution >= 0.6 is 11.6 Å². The van der Waals surface area contributed by atoms with Crippen molar-refractivity contribution in [2.75, 3.05) is 26.2 Å². The number of halogens is 1. The van der Waals surface area contributed by atoms with Crippen LogP contribution in [0.25, 0.3) is 0 Å². The van der Waals surface area contributed by atoms with Gasteiger partial charge in [0, 0.05) is 11.6 Å². The van der Waals surface area contributed by atoms with Crippen molar-refractivity contribution in [1.29, 1.82) is 0 Å².